The van der Waals surface area contributed by atoms with Gasteiger partial charge in [0.1, 0.15) is 11.9 Å². The molecule has 1 aromatic heterocycles. The molecule has 0 saturated heterocycles. The highest BCUT2D eigenvalue weighted by Gasteiger charge is 2.18. The Labute approximate surface area is 126 Å². The lowest BCUT2D eigenvalue weighted by Gasteiger charge is -2.18. The van der Waals surface area contributed by atoms with Crippen molar-refractivity contribution < 1.29 is 0 Å². The van der Waals surface area contributed by atoms with E-state index in [0.717, 1.165) is 28.8 Å². The number of nitrogens with zero attached hydrogens (tertiary/aromatic N) is 2. The number of hydrazine groups is 1. The van der Waals surface area contributed by atoms with Gasteiger partial charge in [0.15, 0.2) is 0 Å². The Bertz CT molecular complexity index is 555. The number of benzene rings is 1. The van der Waals surface area contributed by atoms with Crippen molar-refractivity contribution in [3.8, 4) is 0 Å². The lowest BCUT2D eigenvalue weighted by molar-refractivity contribution is 0.545. The summed E-state index contributed by atoms with van der Waals surface area (Å²) in [5.74, 6) is 6.60. The molecule has 19 heavy (non-hydrogen) atoms. The summed E-state index contributed by atoms with van der Waals surface area (Å²) in [7, 11) is 0. The SMILES string of the molecule is CCCn1ccnc1C(NN)c1ccc(Cl)c(Br)c1. The van der Waals surface area contributed by atoms with Crippen LogP contribution in [0.5, 0.6) is 0 Å². The van der Waals surface area contributed by atoms with Crippen molar-refractivity contribution in [2.45, 2.75) is 25.9 Å². The van der Waals surface area contributed by atoms with Gasteiger partial charge in [0.05, 0.1) is 5.02 Å². The van der Waals surface area contributed by atoms with Crippen LogP contribution in [0.1, 0.15) is 30.8 Å². The van der Waals surface area contributed by atoms with Crippen LogP contribution >= 0.6 is 27.5 Å². The summed E-state index contributed by atoms with van der Waals surface area (Å²) in [4.78, 5) is 4.41. The highest BCUT2D eigenvalue weighted by atomic mass is 79.9. The summed E-state index contributed by atoms with van der Waals surface area (Å²) in [6.07, 6.45) is 4.80. The second-order valence-corrected chi connectivity index (χ2v) is 5.51. The predicted molar refractivity (Wildman–Crippen MR) is 80.8 cm³/mol. The Morgan fingerprint density at radius 1 is 1.53 bits per heavy atom. The molecular formula is C13H16BrClN4. The Kier molecular flexibility index (Phi) is 4.99. The van der Waals surface area contributed by atoms with Crippen LogP contribution in [-0.2, 0) is 6.54 Å². The molecule has 102 valence electrons. The molecule has 0 amide bonds. The number of rotatable bonds is 5. The van der Waals surface area contributed by atoms with E-state index in [4.69, 9.17) is 17.4 Å². The van der Waals surface area contributed by atoms with Crippen LogP contribution in [0.2, 0.25) is 5.02 Å². The maximum absolute atomic E-state index is 6.02. The predicted octanol–water partition coefficient (Wildman–Crippen LogP) is 3.26. The number of hydrogen-bond donors (Lipinski definition) is 2. The molecule has 0 bridgehead atoms. The van der Waals surface area contributed by atoms with Crippen molar-refractivity contribution in [3.63, 3.8) is 0 Å². The lowest BCUT2D eigenvalue weighted by Crippen LogP contribution is -2.31. The van der Waals surface area contributed by atoms with Crippen LogP contribution in [0.15, 0.2) is 35.1 Å². The molecule has 1 heterocycles. The van der Waals surface area contributed by atoms with Crippen LogP contribution in [-0.4, -0.2) is 9.55 Å². The van der Waals surface area contributed by atoms with Gasteiger partial charge >= 0.3 is 0 Å². The van der Waals surface area contributed by atoms with Crippen LogP contribution in [0.25, 0.3) is 0 Å². The van der Waals surface area contributed by atoms with Crippen molar-refractivity contribution in [3.05, 3.63) is 51.5 Å². The molecule has 6 heteroatoms. The van der Waals surface area contributed by atoms with Gasteiger partial charge in [-0.1, -0.05) is 24.6 Å². The fourth-order valence-corrected chi connectivity index (χ4v) is 2.54. The van der Waals surface area contributed by atoms with E-state index in [9.17, 15) is 0 Å². The van der Waals surface area contributed by atoms with Crippen LogP contribution in [0.4, 0.5) is 0 Å². The Morgan fingerprint density at radius 2 is 2.32 bits per heavy atom. The van der Waals surface area contributed by atoms with Crippen LogP contribution in [0, 0.1) is 0 Å². The third kappa shape index (κ3) is 3.17. The van der Waals surface area contributed by atoms with Gasteiger partial charge in [-0.15, -0.1) is 0 Å². The lowest BCUT2D eigenvalue weighted by atomic mass is 10.1. The normalized spacial score (nSPS) is 12.6. The molecule has 0 radical (unpaired) electrons. The minimum Gasteiger partial charge on any atom is -0.333 e. The number of nitrogens with one attached hydrogen (secondary N) is 1. The van der Waals surface area contributed by atoms with Gasteiger partial charge in [0.25, 0.3) is 0 Å². The number of imidazole rings is 1. The third-order valence-electron chi connectivity index (χ3n) is 2.91. The maximum atomic E-state index is 6.02. The van der Waals surface area contributed by atoms with E-state index >= 15 is 0 Å². The van der Waals surface area contributed by atoms with Gasteiger partial charge in [0.2, 0.25) is 0 Å². The Hall–Kier alpha value is -0.880. The molecule has 2 aromatic rings. The zero-order valence-corrected chi connectivity index (χ0v) is 12.9. The first kappa shape index (κ1) is 14.5. The Morgan fingerprint density at radius 3 is 2.95 bits per heavy atom. The zero-order valence-electron chi connectivity index (χ0n) is 10.6. The maximum Gasteiger partial charge on any atom is 0.131 e. The first-order chi connectivity index (χ1) is 9.17. The summed E-state index contributed by atoms with van der Waals surface area (Å²) in [6, 6.07) is 5.59. The van der Waals surface area contributed by atoms with E-state index in [2.05, 4.69) is 37.8 Å². The van der Waals surface area contributed by atoms with E-state index in [1.807, 2.05) is 24.4 Å². The summed E-state index contributed by atoms with van der Waals surface area (Å²) < 4.78 is 2.95. The number of aromatic nitrogens is 2. The van der Waals surface area contributed by atoms with Crippen molar-refractivity contribution in [1.29, 1.82) is 0 Å². The fraction of sp³-hybridized carbons (Fsp3) is 0.308. The van der Waals surface area contributed by atoms with E-state index in [0.29, 0.717) is 5.02 Å². The van der Waals surface area contributed by atoms with Crippen LogP contribution in [0.3, 0.4) is 0 Å². The average Bonchev–Trinajstić information content (AvgIpc) is 2.83. The van der Waals surface area contributed by atoms with E-state index in [-0.39, 0.29) is 6.04 Å². The standard InChI is InChI=1S/C13H16BrClN4/c1-2-6-19-7-5-17-13(19)12(18-16)9-3-4-11(15)10(14)8-9/h3-5,7-8,12,18H,2,6,16H2,1H3. The van der Waals surface area contributed by atoms with Gasteiger partial charge < -0.3 is 4.57 Å². The van der Waals surface area contributed by atoms with Crippen molar-refractivity contribution in [1.82, 2.24) is 15.0 Å². The Balaban J connectivity index is 2.38. The van der Waals surface area contributed by atoms with Crippen LogP contribution < -0.4 is 11.3 Å². The largest absolute Gasteiger partial charge is 0.333 e. The fourth-order valence-electron chi connectivity index (χ4n) is 2.02. The molecule has 0 aliphatic heterocycles. The topological polar surface area (TPSA) is 55.9 Å². The molecule has 1 aromatic carbocycles. The molecule has 0 fully saturated rings. The van der Waals surface area contributed by atoms with Gasteiger partial charge in [-0.2, -0.15) is 0 Å². The number of halogens is 2. The van der Waals surface area contributed by atoms with Gasteiger partial charge in [-0.25, -0.2) is 10.4 Å². The molecule has 0 aliphatic rings. The molecule has 2 rings (SSSR count). The molecule has 0 spiro atoms. The highest BCUT2D eigenvalue weighted by Crippen LogP contribution is 2.28. The van der Waals surface area contributed by atoms with Crippen molar-refractivity contribution in [2.24, 2.45) is 5.84 Å². The molecule has 4 nitrogen and oxygen atoms in total. The number of hydrogen-bond acceptors (Lipinski definition) is 3. The first-order valence-electron chi connectivity index (χ1n) is 6.09. The second kappa shape index (κ2) is 6.52. The van der Waals surface area contributed by atoms with Gasteiger partial charge in [0, 0.05) is 23.4 Å². The van der Waals surface area contributed by atoms with Gasteiger partial charge in [-0.3, -0.25) is 5.84 Å². The molecule has 1 unspecified atom stereocenters. The van der Waals surface area contributed by atoms with Gasteiger partial charge in [-0.05, 0) is 40.0 Å². The zero-order chi connectivity index (χ0) is 13.8. The first-order valence-corrected chi connectivity index (χ1v) is 7.26. The number of aryl methyl sites for hydroxylation is 1. The van der Waals surface area contributed by atoms with E-state index < -0.39 is 0 Å². The highest BCUT2D eigenvalue weighted by molar-refractivity contribution is 9.10. The summed E-state index contributed by atoms with van der Waals surface area (Å²) in [5.41, 5.74) is 3.84. The monoisotopic (exact) mass is 342 g/mol. The summed E-state index contributed by atoms with van der Waals surface area (Å²) >= 11 is 9.44. The second-order valence-electron chi connectivity index (χ2n) is 4.25. The van der Waals surface area contributed by atoms with E-state index in [1.54, 1.807) is 6.20 Å². The summed E-state index contributed by atoms with van der Waals surface area (Å²) in [5, 5.41) is 0.677. The quantitative estimate of drug-likeness (QED) is 0.647. The third-order valence-corrected chi connectivity index (χ3v) is 4.13. The van der Waals surface area contributed by atoms with E-state index in [1.165, 1.54) is 0 Å². The molecule has 0 saturated carbocycles. The van der Waals surface area contributed by atoms with Crippen molar-refractivity contribution >= 4 is 27.5 Å². The molecule has 1 atom stereocenters. The number of nitrogens with two attached hydrogens (primary N) is 1. The minimum absolute atomic E-state index is 0.157. The molecule has 3 N–H and O–H groups in total. The molecular weight excluding hydrogens is 328 g/mol. The summed E-state index contributed by atoms with van der Waals surface area (Å²) in [6.45, 7) is 3.05. The minimum atomic E-state index is -0.157. The van der Waals surface area contributed by atoms with Crippen molar-refractivity contribution in [2.75, 3.05) is 0 Å². The average molecular weight is 344 g/mol. The smallest absolute Gasteiger partial charge is 0.131 e. The molecule has 0 aliphatic carbocycles.